The summed E-state index contributed by atoms with van der Waals surface area (Å²) in [7, 11) is -3.38. The van der Waals surface area contributed by atoms with Gasteiger partial charge >= 0.3 is 5.56 Å². The van der Waals surface area contributed by atoms with Gasteiger partial charge in [0.15, 0.2) is 15.6 Å². The number of aromatic nitrogens is 2. The third-order valence-electron chi connectivity index (χ3n) is 4.75. The molecule has 0 spiro atoms. The number of hydrogen-bond acceptors (Lipinski definition) is 6. The molecule has 3 rings (SSSR count). The second-order valence-corrected chi connectivity index (χ2v) is 9.52. The van der Waals surface area contributed by atoms with Crippen molar-refractivity contribution >= 4 is 9.84 Å². The molecule has 0 saturated heterocycles. The zero-order valence-electron chi connectivity index (χ0n) is 17.3. The van der Waals surface area contributed by atoms with Crippen molar-refractivity contribution in [2.45, 2.75) is 24.8 Å². The Bertz CT molecular complexity index is 1240. The van der Waals surface area contributed by atoms with Crippen LogP contribution in [0, 0.1) is 11.7 Å². The normalized spacial score (nSPS) is 12.7. The second kappa shape index (κ2) is 8.99. The van der Waals surface area contributed by atoms with Gasteiger partial charge in [-0.1, -0.05) is 32.0 Å². The molecular weight excluding hydrogens is 423 g/mol. The summed E-state index contributed by atoms with van der Waals surface area (Å²) in [6.45, 7) is 3.50. The predicted molar refractivity (Wildman–Crippen MR) is 115 cm³/mol. The Kier molecular flexibility index (Phi) is 6.56. The standard InChI is InChI=1S/C22H23FN2O5S/c1-14(2)20(26)13-30-21-19(15-7-9-18(10-8-15)31(3,28)29)12-24-25(22(21)27)17-6-4-5-16(23)11-17/h4-12,14,20,26H,13H2,1-3H3/t20-/m0/s1. The van der Waals surface area contributed by atoms with Gasteiger partial charge in [-0.15, -0.1) is 0 Å². The topological polar surface area (TPSA) is 98.5 Å². The molecule has 1 heterocycles. The molecule has 0 aliphatic heterocycles. The number of ether oxygens (including phenoxy) is 1. The molecule has 0 bridgehead atoms. The zero-order chi connectivity index (χ0) is 22.8. The molecule has 0 unspecified atom stereocenters. The fourth-order valence-corrected chi connectivity index (χ4v) is 3.45. The second-order valence-electron chi connectivity index (χ2n) is 7.50. The van der Waals surface area contributed by atoms with Crippen molar-refractivity contribution < 1.29 is 22.7 Å². The molecule has 0 radical (unpaired) electrons. The van der Waals surface area contributed by atoms with Crippen LogP contribution < -0.4 is 10.3 Å². The molecule has 0 saturated carbocycles. The summed E-state index contributed by atoms with van der Waals surface area (Å²) < 4.78 is 43.8. The minimum absolute atomic E-state index is 0.0777. The quantitative estimate of drug-likeness (QED) is 0.599. The van der Waals surface area contributed by atoms with E-state index in [2.05, 4.69) is 5.10 Å². The van der Waals surface area contributed by atoms with E-state index in [0.29, 0.717) is 11.1 Å². The summed E-state index contributed by atoms with van der Waals surface area (Å²) in [6.07, 6.45) is 1.68. The molecule has 0 aliphatic rings. The van der Waals surface area contributed by atoms with Crippen molar-refractivity contribution in [1.82, 2.24) is 9.78 Å². The van der Waals surface area contributed by atoms with Gasteiger partial charge in [-0.2, -0.15) is 9.78 Å². The SMILES string of the molecule is CC(C)[C@@H](O)COc1c(-c2ccc(S(C)(=O)=O)cc2)cnn(-c2cccc(F)c2)c1=O. The van der Waals surface area contributed by atoms with Crippen LogP contribution in [0.5, 0.6) is 5.75 Å². The van der Waals surface area contributed by atoms with E-state index in [9.17, 15) is 22.7 Å². The first kappa shape index (κ1) is 22.6. The molecule has 1 aromatic heterocycles. The molecule has 1 atom stereocenters. The molecule has 3 aromatic rings. The average Bonchev–Trinajstić information content (AvgIpc) is 2.71. The first-order valence-electron chi connectivity index (χ1n) is 9.57. The summed E-state index contributed by atoms with van der Waals surface area (Å²) in [5.74, 6) is -0.694. The van der Waals surface area contributed by atoms with E-state index >= 15 is 0 Å². The lowest BCUT2D eigenvalue weighted by Gasteiger charge is -2.18. The number of benzene rings is 2. The third kappa shape index (κ3) is 5.18. The van der Waals surface area contributed by atoms with E-state index in [1.807, 2.05) is 13.8 Å². The van der Waals surface area contributed by atoms with E-state index in [-0.39, 0.29) is 28.9 Å². The van der Waals surface area contributed by atoms with E-state index < -0.39 is 27.3 Å². The Labute approximate surface area is 179 Å². The van der Waals surface area contributed by atoms with Crippen molar-refractivity contribution in [3.05, 3.63) is 70.9 Å². The van der Waals surface area contributed by atoms with Crippen molar-refractivity contribution in [1.29, 1.82) is 0 Å². The van der Waals surface area contributed by atoms with Crippen LogP contribution in [0.1, 0.15) is 13.8 Å². The fourth-order valence-electron chi connectivity index (χ4n) is 2.82. The lowest BCUT2D eigenvalue weighted by Crippen LogP contribution is -2.28. The summed E-state index contributed by atoms with van der Waals surface area (Å²) in [5.41, 5.74) is 0.426. The lowest BCUT2D eigenvalue weighted by atomic mass is 10.1. The highest BCUT2D eigenvalue weighted by Crippen LogP contribution is 2.28. The summed E-state index contributed by atoms with van der Waals surface area (Å²) in [4.78, 5) is 13.3. The maximum Gasteiger partial charge on any atom is 0.314 e. The monoisotopic (exact) mass is 446 g/mol. The Morgan fingerprint density at radius 2 is 1.84 bits per heavy atom. The molecule has 2 aromatic carbocycles. The minimum atomic E-state index is -3.38. The van der Waals surface area contributed by atoms with Gasteiger partial charge in [0.25, 0.3) is 0 Å². The Hall–Kier alpha value is -3.04. The van der Waals surface area contributed by atoms with Crippen LogP contribution in [-0.2, 0) is 9.84 Å². The first-order valence-corrected chi connectivity index (χ1v) is 11.5. The van der Waals surface area contributed by atoms with E-state index in [1.54, 1.807) is 12.1 Å². The van der Waals surface area contributed by atoms with Gasteiger partial charge in [0.1, 0.15) is 12.4 Å². The fraction of sp³-hybridized carbons (Fsp3) is 0.273. The van der Waals surface area contributed by atoms with Gasteiger partial charge in [0.05, 0.1) is 22.9 Å². The van der Waals surface area contributed by atoms with Gasteiger partial charge in [-0.05, 0) is 41.8 Å². The van der Waals surface area contributed by atoms with Crippen LogP contribution in [0.2, 0.25) is 0 Å². The van der Waals surface area contributed by atoms with Crippen LogP contribution in [-0.4, -0.2) is 42.3 Å². The minimum Gasteiger partial charge on any atom is -0.485 e. The van der Waals surface area contributed by atoms with Gasteiger partial charge in [-0.25, -0.2) is 12.8 Å². The maximum absolute atomic E-state index is 13.6. The lowest BCUT2D eigenvalue weighted by molar-refractivity contribution is 0.0695. The van der Waals surface area contributed by atoms with E-state index in [4.69, 9.17) is 4.74 Å². The highest BCUT2D eigenvalue weighted by Gasteiger charge is 2.19. The number of sulfone groups is 1. The smallest absolute Gasteiger partial charge is 0.314 e. The van der Waals surface area contributed by atoms with Gasteiger partial charge in [-0.3, -0.25) is 4.79 Å². The highest BCUT2D eigenvalue weighted by atomic mass is 32.2. The number of hydrogen-bond donors (Lipinski definition) is 1. The Balaban J connectivity index is 2.11. The molecule has 9 heteroatoms. The molecule has 0 fully saturated rings. The van der Waals surface area contributed by atoms with Gasteiger partial charge in [0, 0.05) is 11.8 Å². The van der Waals surface area contributed by atoms with E-state index in [0.717, 1.165) is 10.9 Å². The number of aliphatic hydroxyl groups is 1. The highest BCUT2D eigenvalue weighted by molar-refractivity contribution is 7.90. The Morgan fingerprint density at radius 3 is 2.42 bits per heavy atom. The van der Waals surface area contributed by atoms with Crippen LogP contribution in [0.4, 0.5) is 4.39 Å². The molecule has 0 amide bonds. The van der Waals surface area contributed by atoms with Gasteiger partial charge in [0.2, 0.25) is 0 Å². The van der Waals surface area contributed by atoms with Crippen molar-refractivity contribution in [2.24, 2.45) is 5.92 Å². The molecule has 7 nitrogen and oxygen atoms in total. The van der Waals surface area contributed by atoms with Gasteiger partial charge < -0.3 is 9.84 Å². The molecule has 0 aliphatic carbocycles. The van der Waals surface area contributed by atoms with Crippen LogP contribution in [0.3, 0.4) is 0 Å². The predicted octanol–water partition coefficient (Wildman–Crippen LogP) is 2.84. The number of nitrogens with zero attached hydrogens (tertiary/aromatic N) is 2. The van der Waals surface area contributed by atoms with Crippen LogP contribution in [0.25, 0.3) is 16.8 Å². The van der Waals surface area contributed by atoms with Crippen LogP contribution in [0.15, 0.2) is 64.4 Å². The van der Waals surface area contributed by atoms with Crippen molar-refractivity contribution in [3.63, 3.8) is 0 Å². The Morgan fingerprint density at radius 1 is 1.16 bits per heavy atom. The largest absolute Gasteiger partial charge is 0.485 e. The number of rotatable bonds is 7. The average molecular weight is 447 g/mol. The van der Waals surface area contributed by atoms with Crippen molar-refractivity contribution in [3.8, 4) is 22.6 Å². The molecule has 1 N–H and O–H groups in total. The first-order chi connectivity index (χ1) is 14.6. The molecular formula is C22H23FN2O5S. The summed E-state index contributed by atoms with van der Waals surface area (Å²) in [6, 6.07) is 11.4. The molecule has 31 heavy (non-hydrogen) atoms. The van der Waals surface area contributed by atoms with E-state index in [1.165, 1.54) is 42.6 Å². The third-order valence-corrected chi connectivity index (χ3v) is 5.88. The van der Waals surface area contributed by atoms with Crippen molar-refractivity contribution in [2.75, 3.05) is 12.9 Å². The number of halogens is 1. The maximum atomic E-state index is 13.6. The molecule has 164 valence electrons. The summed E-state index contributed by atoms with van der Waals surface area (Å²) >= 11 is 0. The van der Waals surface area contributed by atoms with Crippen LogP contribution >= 0.6 is 0 Å². The number of aliphatic hydroxyl groups excluding tert-OH is 1. The zero-order valence-corrected chi connectivity index (χ0v) is 18.1. The summed E-state index contributed by atoms with van der Waals surface area (Å²) in [5, 5.41) is 14.3.